The zero-order valence-electron chi connectivity index (χ0n) is 19.0. The Labute approximate surface area is 194 Å². The molecule has 0 N–H and O–H groups in total. The molecule has 0 aliphatic carbocycles. The van der Waals surface area contributed by atoms with Crippen molar-refractivity contribution in [3.05, 3.63) is 83.8 Å². The molecule has 0 fully saturated rings. The summed E-state index contributed by atoms with van der Waals surface area (Å²) in [6.45, 7) is 3.89. The molecule has 0 saturated carbocycles. The van der Waals surface area contributed by atoms with Crippen molar-refractivity contribution >= 4 is 27.4 Å². The Hall–Kier alpha value is -3.23. The van der Waals surface area contributed by atoms with Gasteiger partial charge in [0, 0.05) is 31.3 Å². The van der Waals surface area contributed by atoms with Crippen LogP contribution in [0.15, 0.2) is 76.2 Å². The van der Waals surface area contributed by atoms with Gasteiger partial charge in [0.05, 0.1) is 17.7 Å². The number of sulfonamides is 1. The average Bonchev–Trinajstić information content (AvgIpc) is 3.31. The summed E-state index contributed by atoms with van der Waals surface area (Å²) in [5.74, 6) is 0.419. The van der Waals surface area contributed by atoms with Gasteiger partial charge in [-0.25, -0.2) is 12.7 Å². The van der Waals surface area contributed by atoms with Gasteiger partial charge in [0.1, 0.15) is 5.76 Å². The van der Waals surface area contributed by atoms with Gasteiger partial charge in [-0.3, -0.25) is 9.59 Å². The van der Waals surface area contributed by atoms with Crippen LogP contribution in [0.5, 0.6) is 0 Å². The first-order valence-corrected chi connectivity index (χ1v) is 12.1. The fourth-order valence-electron chi connectivity index (χ4n) is 3.36. The van der Waals surface area contributed by atoms with Crippen molar-refractivity contribution < 1.29 is 22.4 Å². The maximum absolute atomic E-state index is 13.0. The molecule has 0 atom stereocenters. The van der Waals surface area contributed by atoms with Gasteiger partial charge in [-0.05, 0) is 56.7 Å². The lowest BCUT2D eigenvalue weighted by Gasteiger charge is -2.23. The van der Waals surface area contributed by atoms with E-state index in [9.17, 15) is 18.0 Å². The Kier molecular flexibility index (Phi) is 7.84. The van der Waals surface area contributed by atoms with Crippen LogP contribution in [0.4, 0.5) is 5.69 Å². The molecule has 3 aromatic rings. The zero-order valence-corrected chi connectivity index (χ0v) is 19.8. The van der Waals surface area contributed by atoms with E-state index in [0.29, 0.717) is 24.3 Å². The molecule has 7 nitrogen and oxygen atoms in total. The van der Waals surface area contributed by atoms with E-state index in [1.165, 1.54) is 42.5 Å². The molecule has 0 spiro atoms. The number of amides is 1. The Morgan fingerprint density at radius 3 is 2.21 bits per heavy atom. The minimum Gasteiger partial charge on any atom is -0.467 e. The SMILES string of the molecule is CC(=O)c1ccc(S(=O)(=O)N(C)CCCC(=O)N(Cc2ccco2)c2ccc(C)cc2)cc1. The molecular formula is C25H28N2O5S. The third-order valence-corrected chi connectivity index (χ3v) is 7.24. The van der Waals surface area contributed by atoms with Crippen LogP contribution in [0.1, 0.15) is 41.4 Å². The highest BCUT2D eigenvalue weighted by Crippen LogP contribution is 2.21. The van der Waals surface area contributed by atoms with Gasteiger partial charge in [-0.15, -0.1) is 0 Å². The van der Waals surface area contributed by atoms with E-state index >= 15 is 0 Å². The predicted octanol–water partition coefficient (Wildman–Crippen LogP) is 4.42. The molecule has 33 heavy (non-hydrogen) atoms. The molecular weight excluding hydrogens is 440 g/mol. The van der Waals surface area contributed by atoms with Crippen molar-refractivity contribution in [3.63, 3.8) is 0 Å². The Morgan fingerprint density at radius 2 is 1.64 bits per heavy atom. The number of furan rings is 1. The molecule has 0 radical (unpaired) electrons. The highest BCUT2D eigenvalue weighted by Gasteiger charge is 2.22. The van der Waals surface area contributed by atoms with Crippen molar-refractivity contribution in [1.82, 2.24) is 4.31 Å². The summed E-state index contributed by atoms with van der Waals surface area (Å²) < 4.78 is 32.3. The van der Waals surface area contributed by atoms with Crippen LogP contribution in [0.2, 0.25) is 0 Å². The summed E-state index contributed by atoms with van der Waals surface area (Å²) in [4.78, 5) is 26.2. The minimum absolute atomic E-state index is 0.112. The summed E-state index contributed by atoms with van der Waals surface area (Å²) in [5, 5.41) is 0. The number of rotatable bonds is 10. The Morgan fingerprint density at radius 1 is 0.970 bits per heavy atom. The van der Waals surface area contributed by atoms with E-state index in [2.05, 4.69) is 0 Å². The number of hydrogen-bond donors (Lipinski definition) is 0. The topological polar surface area (TPSA) is 87.9 Å². The smallest absolute Gasteiger partial charge is 0.242 e. The van der Waals surface area contributed by atoms with E-state index in [0.717, 1.165) is 11.3 Å². The summed E-state index contributed by atoms with van der Waals surface area (Å²) in [7, 11) is -2.23. The lowest BCUT2D eigenvalue weighted by atomic mass is 10.2. The lowest BCUT2D eigenvalue weighted by Crippen LogP contribution is -2.32. The first-order chi connectivity index (χ1) is 15.7. The second-order valence-corrected chi connectivity index (χ2v) is 9.95. The minimum atomic E-state index is -3.72. The highest BCUT2D eigenvalue weighted by atomic mass is 32.2. The number of benzene rings is 2. The Bertz CT molecular complexity index is 1180. The summed E-state index contributed by atoms with van der Waals surface area (Å²) in [5.41, 5.74) is 2.30. The molecule has 0 aliphatic heterocycles. The van der Waals surface area contributed by atoms with Crippen LogP contribution < -0.4 is 4.90 Å². The summed E-state index contributed by atoms with van der Waals surface area (Å²) in [6, 6.07) is 17.1. The molecule has 0 unspecified atom stereocenters. The van der Waals surface area contributed by atoms with Crippen LogP contribution >= 0.6 is 0 Å². The highest BCUT2D eigenvalue weighted by molar-refractivity contribution is 7.89. The van der Waals surface area contributed by atoms with Crippen LogP contribution in [0.3, 0.4) is 0 Å². The molecule has 3 rings (SSSR count). The predicted molar refractivity (Wildman–Crippen MR) is 127 cm³/mol. The second kappa shape index (κ2) is 10.6. The van der Waals surface area contributed by atoms with E-state index in [1.807, 2.05) is 37.3 Å². The maximum atomic E-state index is 13.0. The van der Waals surface area contributed by atoms with Gasteiger partial charge in [0.15, 0.2) is 5.78 Å². The molecule has 1 heterocycles. The number of anilines is 1. The molecule has 8 heteroatoms. The quantitative estimate of drug-likeness (QED) is 0.411. The number of hydrogen-bond acceptors (Lipinski definition) is 5. The number of carbonyl (C=O) groups is 2. The van der Waals surface area contributed by atoms with Crippen LogP contribution in [0.25, 0.3) is 0 Å². The second-order valence-electron chi connectivity index (χ2n) is 7.91. The standard InChI is InChI=1S/C25H28N2O5S/c1-19-8-12-22(13-9-19)27(18-23-6-5-17-32-23)25(29)7-4-16-26(3)33(30,31)24-14-10-21(11-15-24)20(2)28/h5-6,8-15,17H,4,7,16,18H2,1-3H3. The number of ketones is 1. The third-order valence-electron chi connectivity index (χ3n) is 5.37. The van der Waals surface area contributed by atoms with E-state index < -0.39 is 10.0 Å². The number of nitrogens with zero attached hydrogens (tertiary/aromatic N) is 2. The van der Waals surface area contributed by atoms with Gasteiger partial charge >= 0.3 is 0 Å². The number of carbonyl (C=O) groups excluding carboxylic acids is 2. The maximum Gasteiger partial charge on any atom is 0.242 e. The normalized spacial score (nSPS) is 11.5. The molecule has 0 aliphatic rings. The van der Waals surface area contributed by atoms with Crippen LogP contribution in [-0.4, -0.2) is 38.0 Å². The summed E-state index contributed by atoms with van der Waals surface area (Å²) >= 11 is 0. The van der Waals surface area contributed by atoms with E-state index in [-0.39, 0.29) is 29.6 Å². The van der Waals surface area contributed by atoms with Gasteiger partial charge in [-0.1, -0.05) is 29.8 Å². The van der Waals surface area contributed by atoms with Crippen molar-refractivity contribution in [2.75, 3.05) is 18.5 Å². The van der Waals surface area contributed by atoms with Crippen molar-refractivity contribution in [2.24, 2.45) is 0 Å². The first kappa shape index (κ1) is 24.4. The fourth-order valence-corrected chi connectivity index (χ4v) is 4.57. The van der Waals surface area contributed by atoms with Gasteiger partial charge in [0.2, 0.25) is 15.9 Å². The van der Waals surface area contributed by atoms with Crippen LogP contribution in [0, 0.1) is 6.92 Å². The van der Waals surface area contributed by atoms with Crippen molar-refractivity contribution in [3.8, 4) is 0 Å². The zero-order chi connectivity index (χ0) is 24.0. The van der Waals surface area contributed by atoms with E-state index in [4.69, 9.17) is 4.42 Å². The van der Waals surface area contributed by atoms with E-state index in [1.54, 1.807) is 17.2 Å². The largest absolute Gasteiger partial charge is 0.467 e. The number of Topliss-reactive ketones (excluding diaryl/α,β-unsaturated/α-hetero) is 1. The first-order valence-electron chi connectivity index (χ1n) is 10.7. The number of aryl methyl sites for hydroxylation is 1. The van der Waals surface area contributed by atoms with Crippen molar-refractivity contribution in [2.45, 2.75) is 38.1 Å². The average molecular weight is 469 g/mol. The molecule has 1 amide bonds. The molecule has 0 bridgehead atoms. The summed E-state index contributed by atoms with van der Waals surface area (Å²) in [6.07, 6.45) is 2.11. The van der Waals surface area contributed by atoms with Gasteiger partial charge < -0.3 is 9.32 Å². The Balaban J connectivity index is 1.64. The monoisotopic (exact) mass is 468 g/mol. The molecule has 1 aromatic heterocycles. The lowest BCUT2D eigenvalue weighted by molar-refractivity contribution is -0.118. The molecule has 0 saturated heterocycles. The third kappa shape index (κ3) is 6.18. The molecule has 174 valence electrons. The van der Waals surface area contributed by atoms with Gasteiger partial charge in [0.25, 0.3) is 0 Å². The molecule has 2 aromatic carbocycles. The van der Waals surface area contributed by atoms with Gasteiger partial charge in [-0.2, -0.15) is 0 Å². The van der Waals surface area contributed by atoms with Crippen LogP contribution in [-0.2, 0) is 21.4 Å². The van der Waals surface area contributed by atoms with Crippen molar-refractivity contribution in [1.29, 1.82) is 0 Å². The fraction of sp³-hybridized carbons (Fsp3) is 0.280.